The van der Waals surface area contributed by atoms with Crippen LogP contribution in [0.3, 0.4) is 0 Å². The normalized spacial score (nSPS) is 12.6. The molecule has 0 aliphatic heterocycles. The number of rotatable bonds is 11. The number of alkyl carbamates (subject to hydrolysis) is 1. The van der Waals surface area contributed by atoms with Crippen LogP contribution in [0.1, 0.15) is 45.9 Å². The Hall–Kier alpha value is -3.54. The number of unbranched alkanes of at least 4 members (excludes halogenated alkanes) is 1. The Labute approximate surface area is 180 Å². The number of carbonyl (C=O) groups is 3. The number of nitriles is 1. The van der Waals surface area contributed by atoms with Crippen molar-refractivity contribution in [2.45, 2.75) is 58.6 Å². The highest BCUT2D eigenvalue weighted by atomic mass is 16.6. The third-order valence-corrected chi connectivity index (χ3v) is 4.65. The molecule has 0 aliphatic rings. The second-order valence-corrected chi connectivity index (χ2v) is 7.40. The molecule has 0 fully saturated rings. The number of ketones is 2. The molecular weight excluding hydrogens is 400 g/mol. The summed E-state index contributed by atoms with van der Waals surface area (Å²) in [5.74, 6) is -1.55. The zero-order valence-electron chi connectivity index (χ0n) is 17.8. The quantitative estimate of drug-likeness (QED) is 0.427. The van der Waals surface area contributed by atoms with E-state index in [-0.39, 0.29) is 18.8 Å². The minimum absolute atomic E-state index is 0.0802. The number of benzene rings is 1. The highest BCUT2D eigenvalue weighted by Gasteiger charge is 2.29. The van der Waals surface area contributed by atoms with Crippen LogP contribution in [-0.2, 0) is 20.7 Å². The highest BCUT2D eigenvalue weighted by Crippen LogP contribution is 2.20. The molecular formula is C22H26N4O5. The molecule has 0 aliphatic carbocycles. The maximum absolute atomic E-state index is 12.4. The number of Topliss-reactive ketones (excluding diaryl/α,β-unsaturated/α-hetero) is 2. The zero-order chi connectivity index (χ0) is 22.8. The number of nitrogens with zero attached hydrogens (tertiary/aromatic N) is 3. The van der Waals surface area contributed by atoms with Gasteiger partial charge in [0.15, 0.2) is 0 Å². The lowest BCUT2D eigenvalue weighted by Crippen LogP contribution is -2.45. The fraction of sp³-hybridized carbons (Fsp3) is 0.455. The molecule has 0 saturated heterocycles. The van der Waals surface area contributed by atoms with Gasteiger partial charge in [-0.2, -0.15) is 5.26 Å². The van der Waals surface area contributed by atoms with Crippen LogP contribution in [0.4, 0.5) is 4.79 Å². The van der Waals surface area contributed by atoms with E-state index in [2.05, 4.69) is 15.5 Å². The van der Waals surface area contributed by atoms with Gasteiger partial charge in [0.2, 0.25) is 17.6 Å². The zero-order valence-corrected chi connectivity index (χ0v) is 17.8. The lowest BCUT2D eigenvalue weighted by molar-refractivity contribution is -0.134. The first kappa shape index (κ1) is 23.7. The van der Waals surface area contributed by atoms with Gasteiger partial charge in [0, 0.05) is 5.56 Å². The van der Waals surface area contributed by atoms with Gasteiger partial charge in [0.05, 0.1) is 12.5 Å². The molecule has 0 saturated carbocycles. The number of aromatic nitrogens is 2. The first-order valence-corrected chi connectivity index (χ1v) is 10.2. The first-order valence-electron chi connectivity index (χ1n) is 10.2. The summed E-state index contributed by atoms with van der Waals surface area (Å²) in [4.78, 5) is 36.0. The topological polar surface area (TPSA) is 135 Å². The second-order valence-electron chi connectivity index (χ2n) is 7.40. The van der Waals surface area contributed by atoms with Crippen molar-refractivity contribution in [2.75, 3.05) is 0 Å². The fourth-order valence-corrected chi connectivity index (χ4v) is 2.82. The van der Waals surface area contributed by atoms with Crippen molar-refractivity contribution in [3.63, 3.8) is 0 Å². The number of amides is 1. The maximum atomic E-state index is 12.4. The Morgan fingerprint density at radius 3 is 2.52 bits per heavy atom. The van der Waals surface area contributed by atoms with E-state index in [4.69, 9.17) is 14.4 Å². The van der Waals surface area contributed by atoms with Crippen LogP contribution in [0.25, 0.3) is 11.5 Å². The number of carbonyl (C=O) groups excluding carboxylic acids is 3. The van der Waals surface area contributed by atoms with E-state index in [9.17, 15) is 14.4 Å². The highest BCUT2D eigenvalue weighted by molar-refractivity contribution is 6.45. The van der Waals surface area contributed by atoms with E-state index in [1.54, 1.807) is 0 Å². The van der Waals surface area contributed by atoms with Crippen LogP contribution < -0.4 is 5.32 Å². The van der Waals surface area contributed by atoms with Gasteiger partial charge >= 0.3 is 6.09 Å². The summed E-state index contributed by atoms with van der Waals surface area (Å²) >= 11 is 0. The van der Waals surface area contributed by atoms with Crippen molar-refractivity contribution >= 4 is 17.7 Å². The Morgan fingerprint density at radius 2 is 1.90 bits per heavy atom. The Kier molecular flexibility index (Phi) is 8.88. The molecule has 0 unspecified atom stereocenters. The van der Waals surface area contributed by atoms with E-state index in [1.165, 1.54) is 6.07 Å². The molecule has 1 heterocycles. The van der Waals surface area contributed by atoms with Crippen molar-refractivity contribution in [1.82, 2.24) is 15.5 Å². The van der Waals surface area contributed by atoms with Crippen molar-refractivity contribution in [2.24, 2.45) is 5.92 Å². The van der Waals surface area contributed by atoms with Gasteiger partial charge in [0.1, 0.15) is 12.2 Å². The minimum atomic E-state index is -1.19. The molecule has 1 N–H and O–H groups in total. The third kappa shape index (κ3) is 7.03. The number of ether oxygens (including phenoxy) is 1. The molecule has 0 bridgehead atoms. The maximum Gasteiger partial charge on any atom is 0.408 e. The lowest BCUT2D eigenvalue weighted by atomic mass is 10.0. The molecule has 2 rings (SSSR count). The number of nitrogens with one attached hydrogen (secondary N) is 1. The van der Waals surface area contributed by atoms with Crippen LogP contribution >= 0.6 is 0 Å². The van der Waals surface area contributed by atoms with Crippen LogP contribution in [0.2, 0.25) is 0 Å². The van der Waals surface area contributed by atoms with E-state index in [0.717, 1.165) is 12.0 Å². The molecule has 2 aromatic rings. The minimum Gasteiger partial charge on any atom is -0.445 e. The van der Waals surface area contributed by atoms with Gasteiger partial charge in [-0.3, -0.25) is 9.59 Å². The van der Waals surface area contributed by atoms with Crippen LogP contribution in [0.15, 0.2) is 34.7 Å². The Balaban J connectivity index is 2.04. The van der Waals surface area contributed by atoms with Crippen molar-refractivity contribution in [1.29, 1.82) is 5.26 Å². The standard InChI is InChI=1S/C22H26N4O5/c1-4-5-11-16(20(28)17(27)13-23)24-22(29)30-18(14(2)3)12-19-25-26-21(31-19)15-9-7-6-8-10-15/h6-10,14,16,18H,4-5,11-12H2,1-3H3,(H,24,29)/t16-,18-/m0/s1. The molecule has 1 aromatic carbocycles. The van der Waals surface area contributed by atoms with Gasteiger partial charge in [0.25, 0.3) is 5.78 Å². The molecule has 0 spiro atoms. The smallest absolute Gasteiger partial charge is 0.408 e. The molecule has 31 heavy (non-hydrogen) atoms. The first-order chi connectivity index (χ1) is 14.8. The molecule has 2 atom stereocenters. The van der Waals surface area contributed by atoms with Gasteiger partial charge in [-0.05, 0) is 24.5 Å². The van der Waals surface area contributed by atoms with Crippen molar-refractivity contribution in [3.05, 3.63) is 36.2 Å². The molecule has 0 radical (unpaired) electrons. The summed E-state index contributed by atoms with van der Waals surface area (Å²) in [6, 6.07) is 9.48. The summed E-state index contributed by atoms with van der Waals surface area (Å²) in [5, 5.41) is 19.2. The average Bonchev–Trinajstić information content (AvgIpc) is 3.24. The summed E-state index contributed by atoms with van der Waals surface area (Å²) in [7, 11) is 0. The predicted molar refractivity (Wildman–Crippen MR) is 111 cm³/mol. The van der Waals surface area contributed by atoms with Gasteiger partial charge in [-0.25, -0.2) is 4.79 Å². The molecule has 164 valence electrons. The van der Waals surface area contributed by atoms with Crippen LogP contribution in [0, 0.1) is 17.2 Å². The second kappa shape index (κ2) is 11.6. The largest absolute Gasteiger partial charge is 0.445 e. The SMILES string of the molecule is CCCC[C@H](NC(=O)O[C@@H](Cc1nnc(-c2ccccc2)o1)C(C)C)C(=O)C(=O)C#N. The van der Waals surface area contributed by atoms with Gasteiger partial charge < -0.3 is 14.5 Å². The van der Waals surface area contributed by atoms with Crippen molar-refractivity contribution in [3.8, 4) is 17.5 Å². The van der Waals surface area contributed by atoms with E-state index in [1.807, 2.05) is 51.1 Å². The average molecular weight is 426 g/mol. The number of hydrogen-bond donors (Lipinski definition) is 1. The van der Waals surface area contributed by atoms with E-state index < -0.39 is 29.8 Å². The molecule has 1 aromatic heterocycles. The van der Waals surface area contributed by atoms with Crippen LogP contribution in [0.5, 0.6) is 0 Å². The van der Waals surface area contributed by atoms with Gasteiger partial charge in [-0.15, -0.1) is 10.2 Å². The van der Waals surface area contributed by atoms with E-state index >= 15 is 0 Å². The molecule has 9 heteroatoms. The summed E-state index contributed by atoms with van der Waals surface area (Å²) < 4.78 is 11.2. The van der Waals surface area contributed by atoms with Gasteiger partial charge in [-0.1, -0.05) is 51.8 Å². The predicted octanol–water partition coefficient (Wildman–Crippen LogP) is 3.25. The molecule has 1 amide bonds. The van der Waals surface area contributed by atoms with Crippen LogP contribution in [-0.4, -0.2) is 40.0 Å². The summed E-state index contributed by atoms with van der Waals surface area (Å²) in [6.45, 7) is 5.64. The summed E-state index contributed by atoms with van der Waals surface area (Å²) in [6.07, 6.45) is 0.355. The lowest BCUT2D eigenvalue weighted by Gasteiger charge is -2.22. The van der Waals surface area contributed by atoms with E-state index in [0.29, 0.717) is 18.2 Å². The number of hydrogen-bond acceptors (Lipinski definition) is 8. The summed E-state index contributed by atoms with van der Waals surface area (Å²) in [5.41, 5.74) is 0.778. The molecule has 9 nitrogen and oxygen atoms in total. The Morgan fingerprint density at radius 1 is 1.19 bits per heavy atom. The third-order valence-electron chi connectivity index (χ3n) is 4.65. The van der Waals surface area contributed by atoms with Crippen molar-refractivity contribution < 1.29 is 23.5 Å². The fourth-order valence-electron chi connectivity index (χ4n) is 2.82. The Bertz CT molecular complexity index is 933. The monoisotopic (exact) mass is 426 g/mol.